The summed E-state index contributed by atoms with van der Waals surface area (Å²) in [6.45, 7) is 0. The Morgan fingerprint density at radius 1 is 1.36 bits per heavy atom. The number of fused-ring (bicyclic) bond motifs is 1. The third-order valence-corrected chi connectivity index (χ3v) is 4.53. The predicted octanol–water partition coefficient (Wildman–Crippen LogP) is 1.44. The SMILES string of the molecule is CON(C)C(=O)Cc1csc2nc(=O)c(Cc3ccc(F)cc3)nn12. The van der Waals surface area contributed by atoms with E-state index in [1.165, 1.54) is 42.1 Å². The van der Waals surface area contributed by atoms with Crippen LogP contribution in [0.3, 0.4) is 0 Å². The molecule has 9 heteroatoms. The van der Waals surface area contributed by atoms with Crippen LogP contribution in [0.4, 0.5) is 4.39 Å². The molecule has 25 heavy (non-hydrogen) atoms. The standard InChI is InChI=1S/C16H15FN4O3S/c1-20(24-2)14(22)8-12-9-25-16-18-15(23)13(19-21(12)16)7-10-3-5-11(17)6-4-10/h3-6,9H,7-8H2,1-2H3. The third-order valence-electron chi connectivity index (χ3n) is 3.66. The number of amides is 1. The van der Waals surface area contributed by atoms with Crippen molar-refractivity contribution in [3.8, 4) is 0 Å². The minimum atomic E-state index is -0.432. The van der Waals surface area contributed by atoms with E-state index in [-0.39, 0.29) is 30.3 Å². The Balaban J connectivity index is 1.93. The average molecular weight is 362 g/mol. The number of carbonyl (C=O) groups excluding carboxylic acids is 1. The Labute approximate surface area is 146 Å². The first-order chi connectivity index (χ1) is 12.0. The van der Waals surface area contributed by atoms with Crippen LogP contribution in [-0.2, 0) is 22.5 Å². The summed E-state index contributed by atoms with van der Waals surface area (Å²) in [6.07, 6.45) is 0.300. The molecule has 130 valence electrons. The van der Waals surface area contributed by atoms with Gasteiger partial charge in [0.05, 0.1) is 19.2 Å². The van der Waals surface area contributed by atoms with E-state index >= 15 is 0 Å². The number of benzene rings is 1. The van der Waals surface area contributed by atoms with Gasteiger partial charge in [0, 0.05) is 18.8 Å². The highest BCUT2D eigenvalue weighted by Gasteiger charge is 2.16. The molecule has 0 spiro atoms. The van der Waals surface area contributed by atoms with Gasteiger partial charge < -0.3 is 0 Å². The van der Waals surface area contributed by atoms with Crippen LogP contribution in [0.2, 0.25) is 0 Å². The molecule has 0 N–H and O–H groups in total. The number of nitrogens with zero attached hydrogens (tertiary/aromatic N) is 4. The number of thiazole rings is 1. The summed E-state index contributed by atoms with van der Waals surface area (Å²) in [6, 6.07) is 5.84. The van der Waals surface area contributed by atoms with Crippen molar-refractivity contribution in [2.24, 2.45) is 0 Å². The van der Waals surface area contributed by atoms with Gasteiger partial charge in [0.2, 0.25) is 4.96 Å². The van der Waals surface area contributed by atoms with Gasteiger partial charge >= 0.3 is 0 Å². The van der Waals surface area contributed by atoms with Gasteiger partial charge in [0.15, 0.2) is 0 Å². The van der Waals surface area contributed by atoms with E-state index in [1.54, 1.807) is 17.5 Å². The lowest BCUT2D eigenvalue weighted by molar-refractivity contribution is -0.167. The molecule has 0 aliphatic carbocycles. The first-order valence-corrected chi connectivity index (χ1v) is 8.27. The van der Waals surface area contributed by atoms with Gasteiger partial charge in [-0.2, -0.15) is 10.1 Å². The Hall–Kier alpha value is -2.65. The van der Waals surface area contributed by atoms with Crippen molar-refractivity contribution in [2.75, 3.05) is 14.2 Å². The molecule has 3 rings (SSSR count). The van der Waals surface area contributed by atoms with E-state index in [2.05, 4.69) is 10.1 Å². The zero-order valence-electron chi connectivity index (χ0n) is 13.6. The van der Waals surface area contributed by atoms with Gasteiger partial charge in [0.1, 0.15) is 11.5 Å². The molecule has 2 aromatic heterocycles. The molecule has 2 heterocycles. The summed E-state index contributed by atoms with van der Waals surface area (Å²) >= 11 is 1.23. The van der Waals surface area contributed by atoms with Crippen LogP contribution < -0.4 is 5.56 Å². The molecule has 0 aliphatic rings. The van der Waals surface area contributed by atoms with E-state index in [0.29, 0.717) is 10.7 Å². The summed E-state index contributed by atoms with van der Waals surface area (Å²) in [5.74, 6) is -0.592. The zero-order valence-corrected chi connectivity index (χ0v) is 14.4. The van der Waals surface area contributed by atoms with Crippen LogP contribution in [-0.4, -0.2) is 39.7 Å². The van der Waals surface area contributed by atoms with Gasteiger partial charge in [-0.25, -0.2) is 14.0 Å². The average Bonchev–Trinajstić information content (AvgIpc) is 2.98. The summed E-state index contributed by atoms with van der Waals surface area (Å²) in [5.41, 5.74) is 1.16. The largest absolute Gasteiger partial charge is 0.296 e. The number of carbonyl (C=O) groups is 1. The third kappa shape index (κ3) is 3.72. The van der Waals surface area contributed by atoms with Crippen molar-refractivity contribution in [3.63, 3.8) is 0 Å². The van der Waals surface area contributed by atoms with Crippen molar-refractivity contribution in [2.45, 2.75) is 12.8 Å². The lowest BCUT2D eigenvalue weighted by Crippen LogP contribution is -2.28. The molecule has 0 bridgehead atoms. The molecule has 0 saturated carbocycles. The topological polar surface area (TPSA) is 76.8 Å². The second-order valence-corrected chi connectivity index (χ2v) is 6.18. The van der Waals surface area contributed by atoms with Crippen LogP contribution >= 0.6 is 11.3 Å². The number of hydroxylamine groups is 2. The summed E-state index contributed by atoms with van der Waals surface area (Å²) < 4.78 is 14.5. The van der Waals surface area contributed by atoms with Crippen LogP contribution in [0.1, 0.15) is 17.0 Å². The van der Waals surface area contributed by atoms with Crippen LogP contribution in [0.15, 0.2) is 34.4 Å². The van der Waals surface area contributed by atoms with Crippen LogP contribution in [0, 0.1) is 5.82 Å². The first kappa shape index (κ1) is 17.2. The van der Waals surface area contributed by atoms with Gasteiger partial charge in [0.25, 0.3) is 11.5 Å². The second-order valence-electron chi connectivity index (χ2n) is 5.34. The fourth-order valence-corrected chi connectivity index (χ4v) is 3.05. The minimum Gasteiger partial charge on any atom is -0.275 e. The van der Waals surface area contributed by atoms with Crippen LogP contribution in [0.25, 0.3) is 4.96 Å². The second kappa shape index (κ2) is 7.08. The van der Waals surface area contributed by atoms with Gasteiger partial charge in [-0.15, -0.1) is 11.3 Å². The number of likely N-dealkylation sites (N-methyl/N-ethyl adjacent to an activating group) is 1. The number of hydrogen-bond acceptors (Lipinski definition) is 6. The molecule has 0 aliphatic heterocycles. The van der Waals surface area contributed by atoms with E-state index in [1.807, 2.05) is 0 Å². The van der Waals surface area contributed by atoms with Crippen molar-refractivity contribution in [1.82, 2.24) is 19.7 Å². The van der Waals surface area contributed by atoms with Gasteiger partial charge in [-0.1, -0.05) is 12.1 Å². The molecule has 1 amide bonds. The summed E-state index contributed by atoms with van der Waals surface area (Å²) in [5, 5.41) is 7.20. The maximum atomic E-state index is 13.0. The zero-order chi connectivity index (χ0) is 18.0. The molecule has 0 fully saturated rings. The molecular formula is C16H15FN4O3S. The Morgan fingerprint density at radius 3 is 2.76 bits per heavy atom. The smallest absolute Gasteiger partial charge is 0.275 e. The maximum Gasteiger partial charge on any atom is 0.296 e. The maximum absolute atomic E-state index is 13.0. The highest BCUT2D eigenvalue weighted by molar-refractivity contribution is 7.15. The Morgan fingerprint density at radius 2 is 2.08 bits per heavy atom. The lowest BCUT2D eigenvalue weighted by atomic mass is 10.1. The molecule has 0 unspecified atom stereocenters. The van der Waals surface area contributed by atoms with Crippen molar-refractivity contribution < 1.29 is 14.0 Å². The Bertz CT molecular complexity index is 968. The van der Waals surface area contributed by atoms with Crippen LogP contribution in [0.5, 0.6) is 0 Å². The number of aromatic nitrogens is 3. The molecular weight excluding hydrogens is 347 g/mol. The summed E-state index contributed by atoms with van der Waals surface area (Å²) in [7, 11) is 2.92. The van der Waals surface area contributed by atoms with Gasteiger partial charge in [-0.3, -0.25) is 14.4 Å². The highest BCUT2D eigenvalue weighted by Crippen LogP contribution is 2.14. The molecule has 0 saturated heterocycles. The lowest BCUT2D eigenvalue weighted by Gasteiger charge is -2.12. The van der Waals surface area contributed by atoms with Gasteiger partial charge in [-0.05, 0) is 17.7 Å². The highest BCUT2D eigenvalue weighted by atomic mass is 32.1. The number of rotatable bonds is 5. The fourth-order valence-electron chi connectivity index (χ4n) is 2.23. The fraction of sp³-hybridized carbons (Fsp3) is 0.250. The number of hydrogen-bond donors (Lipinski definition) is 0. The van der Waals surface area contributed by atoms with Crippen molar-refractivity contribution in [1.29, 1.82) is 0 Å². The van der Waals surface area contributed by atoms with E-state index in [4.69, 9.17) is 4.84 Å². The predicted molar refractivity (Wildman–Crippen MR) is 89.8 cm³/mol. The van der Waals surface area contributed by atoms with Crippen molar-refractivity contribution in [3.05, 3.63) is 62.8 Å². The Kier molecular flexibility index (Phi) is 4.86. The van der Waals surface area contributed by atoms with E-state index in [0.717, 1.165) is 10.6 Å². The monoisotopic (exact) mass is 362 g/mol. The number of halogens is 1. The molecule has 0 radical (unpaired) electrons. The normalized spacial score (nSPS) is 11.0. The molecule has 7 nitrogen and oxygen atoms in total. The molecule has 1 aromatic carbocycles. The quantitative estimate of drug-likeness (QED) is 0.642. The first-order valence-electron chi connectivity index (χ1n) is 7.39. The summed E-state index contributed by atoms with van der Waals surface area (Å²) in [4.78, 5) is 33.4. The van der Waals surface area contributed by atoms with E-state index in [9.17, 15) is 14.0 Å². The minimum absolute atomic E-state index is 0.0673. The van der Waals surface area contributed by atoms with Crippen molar-refractivity contribution >= 4 is 22.2 Å². The molecule has 0 atom stereocenters. The van der Waals surface area contributed by atoms with E-state index < -0.39 is 5.56 Å². The molecule has 3 aromatic rings.